The van der Waals surface area contributed by atoms with Crippen LogP contribution in [0.5, 0.6) is 0 Å². The van der Waals surface area contributed by atoms with Crippen LogP contribution >= 0.6 is 39.7 Å². The molecule has 146 valence electrons. The molecular weight excluding hydrogens is 507 g/mol. The first kappa shape index (κ1) is 21.4. The topological polar surface area (TPSA) is 44.8 Å². The molecule has 0 unspecified atom stereocenters. The Morgan fingerprint density at radius 3 is 1.32 bits per heavy atom. The van der Waals surface area contributed by atoms with Crippen LogP contribution in [-0.4, -0.2) is 0 Å². The Morgan fingerprint density at radius 2 is 0.929 bits per heavy atom. The van der Waals surface area contributed by atoms with Crippen molar-refractivity contribution in [3.63, 3.8) is 0 Å². The second-order valence-corrected chi connectivity index (χ2v) is 9.51. The summed E-state index contributed by atoms with van der Waals surface area (Å²) in [7, 11) is -3.76. The van der Waals surface area contributed by atoms with Crippen molar-refractivity contribution in [2.45, 2.75) is 19.8 Å². The Labute approximate surface area is 181 Å². The first-order valence-electron chi connectivity index (χ1n) is 8.59. The molecule has 0 N–H and O–H groups in total. The van der Waals surface area contributed by atoms with Crippen molar-refractivity contribution in [1.82, 2.24) is 0 Å². The molecule has 0 aliphatic rings. The van der Waals surface area contributed by atoms with Crippen LogP contribution in [0.15, 0.2) is 87.8 Å². The van der Waals surface area contributed by atoms with E-state index in [0.29, 0.717) is 0 Å². The van der Waals surface area contributed by atoms with Crippen LogP contribution in [0.3, 0.4) is 0 Å². The fourth-order valence-electron chi connectivity index (χ4n) is 2.31. The van der Waals surface area contributed by atoms with Crippen LogP contribution in [0, 0.1) is 0 Å². The summed E-state index contributed by atoms with van der Waals surface area (Å²) >= 11 is 6.79. The SMILES string of the molecule is O=P(OCc1ccccc1)(OCc1ccc(Br)cc1)OCc1ccc(Br)cc1. The highest BCUT2D eigenvalue weighted by Gasteiger charge is 2.27. The molecule has 3 aromatic rings. The minimum absolute atomic E-state index is 0.125. The van der Waals surface area contributed by atoms with Crippen molar-refractivity contribution in [3.05, 3.63) is 104 Å². The Bertz CT molecular complexity index is 862. The van der Waals surface area contributed by atoms with Gasteiger partial charge < -0.3 is 0 Å². The van der Waals surface area contributed by atoms with Crippen molar-refractivity contribution in [1.29, 1.82) is 0 Å². The van der Waals surface area contributed by atoms with Gasteiger partial charge in [-0.3, -0.25) is 13.6 Å². The van der Waals surface area contributed by atoms with E-state index in [0.717, 1.165) is 25.6 Å². The van der Waals surface area contributed by atoms with Gasteiger partial charge in [0.05, 0.1) is 19.8 Å². The van der Waals surface area contributed by atoms with E-state index < -0.39 is 7.82 Å². The molecule has 0 aliphatic heterocycles. The maximum Gasteiger partial charge on any atom is 0.475 e. The van der Waals surface area contributed by atoms with Crippen molar-refractivity contribution >= 4 is 39.7 Å². The molecule has 0 radical (unpaired) electrons. The molecule has 0 bridgehead atoms. The molecule has 0 aromatic heterocycles. The van der Waals surface area contributed by atoms with Crippen LogP contribution in [0.2, 0.25) is 0 Å². The van der Waals surface area contributed by atoms with Gasteiger partial charge in [-0.2, -0.15) is 0 Å². The lowest BCUT2D eigenvalue weighted by molar-refractivity contribution is 0.0978. The molecule has 7 heteroatoms. The lowest BCUT2D eigenvalue weighted by Crippen LogP contribution is -2.02. The average molecular weight is 526 g/mol. The molecule has 28 heavy (non-hydrogen) atoms. The van der Waals surface area contributed by atoms with Gasteiger partial charge in [0, 0.05) is 8.95 Å². The van der Waals surface area contributed by atoms with Crippen LogP contribution < -0.4 is 0 Å². The summed E-state index contributed by atoms with van der Waals surface area (Å²) in [6.07, 6.45) is 0. The molecule has 0 heterocycles. The Balaban J connectivity index is 1.66. The quantitative estimate of drug-likeness (QED) is 0.275. The van der Waals surface area contributed by atoms with Gasteiger partial charge in [-0.25, -0.2) is 4.57 Å². The summed E-state index contributed by atoms with van der Waals surface area (Å²) in [5.41, 5.74) is 2.64. The molecule has 0 amide bonds. The van der Waals surface area contributed by atoms with E-state index in [1.165, 1.54) is 0 Å². The molecule has 4 nitrogen and oxygen atoms in total. The molecule has 3 aromatic carbocycles. The largest absolute Gasteiger partial charge is 0.475 e. The molecule has 0 atom stereocenters. The summed E-state index contributed by atoms with van der Waals surface area (Å²) in [5, 5.41) is 0. The molecular formula is C21H19Br2O4P. The summed E-state index contributed by atoms with van der Waals surface area (Å²) in [5.74, 6) is 0. The lowest BCUT2D eigenvalue weighted by atomic mass is 10.2. The lowest BCUT2D eigenvalue weighted by Gasteiger charge is -2.18. The predicted molar refractivity (Wildman–Crippen MR) is 117 cm³/mol. The van der Waals surface area contributed by atoms with Crippen molar-refractivity contribution < 1.29 is 18.1 Å². The van der Waals surface area contributed by atoms with Gasteiger partial charge in [-0.05, 0) is 41.0 Å². The third-order valence-corrected chi connectivity index (χ3v) is 6.23. The normalized spacial score (nSPS) is 11.5. The molecule has 0 saturated carbocycles. The molecule has 0 spiro atoms. The number of rotatable bonds is 9. The van der Waals surface area contributed by atoms with Crippen LogP contribution in [0.1, 0.15) is 16.7 Å². The minimum Gasteiger partial charge on any atom is -0.282 e. The molecule has 0 aliphatic carbocycles. The van der Waals surface area contributed by atoms with Crippen molar-refractivity contribution in [2.75, 3.05) is 0 Å². The second kappa shape index (κ2) is 10.5. The van der Waals surface area contributed by atoms with Gasteiger partial charge in [0.2, 0.25) is 0 Å². The van der Waals surface area contributed by atoms with E-state index in [-0.39, 0.29) is 19.8 Å². The second-order valence-electron chi connectivity index (χ2n) is 6.01. The summed E-state index contributed by atoms with van der Waals surface area (Å²) in [4.78, 5) is 0. The van der Waals surface area contributed by atoms with E-state index in [9.17, 15) is 4.57 Å². The van der Waals surface area contributed by atoms with Crippen LogP contribution in [-0.2, 0) is 38.0 Å². The summed E-state index contributed by atoms with van der Waals surface area (Å²) in [6.45, 7) is 0.387. The number of phosphoric ester groups is 1. The highest BCUT2D eigenvalue weighted by molar-refractivity contribution is 9.10. The zero-order chi connectivity index (χ0) is 19.8. The number of phosphoric acid groups is 1. The van der Waals surface area contributed by atoms with Gasteiger partial charge in [0.25, 0.3) is 0 Å². The Kier molecular flexibility index (Phi) is 8.03. The van der Waals surface area contributed by atoms with Crippen LogP contribution in [0.25, 0.3) is 0 Å². The third kappa shape index (κ3) is 6.96. The third-order valence-electron chi connectivity index (χ3n) is 3.84. The van der Waals surface area contributed by atoms with Crippen molar-refractivity contribution in [2.24, 2.45) is 0 Å². The fourth-order valence-corrected chi connectivity index (χ4v) is 3.98. The standard InChI is InChI=1S/C21H19Br2O4P/c22-20-10-6-18(7-11-20)15-26-28(24,25-14-17-4-2-1-3-5-17)27-16-19-8-12-21(23)13-9-19/h1-13H,14-16H2. The fraction of sp³-hybridized carbons (Fsp3) is 0.143. The number of halogens is 2. The van der Waals surface area contributed by atoms with Crippen molar-refractivity contribution in [3.8, 4) is 0 Å². The maximum absolute atomic E-state index is 13.2. The first-order chi connectivity index (χ1) is 13.5. The van der Waals surface area contributed by atoms with E-state index in [1.807, 2.05) is 78.9 Å². The van der Waals surface area contributed by atoms with E-state index in [2.05, 4.69) is 31.9 Å². The predicted octanol–water partition coefficient (Wildman–Crippen LogP) is 7.27. The highest BCUT2D eigenvalue weighted by atomic mass is 79.9. The van der Waals surface area contributed by atoms with Gasteiger partial charge in [0.1, 0.15) is 0 Å². The zero-order valence-electron chi connectivity index (χ0n) is 15.0. The Morgan fingerprint density at radius 1 is 0.571 bits per heavy atom. The minimum atomic E-state index is -3.76. The zero-order valence-corrected chi connectivity index (χ0v) is 19.0. The van der Waals surface area contributed by atoms with E-state index >= 15 is 0 Å². The maximum atomic E-state index is 13.2. The van der Waals surface area contributed by atoms with E-state index in [4.69, 9.17) is 13.6 Å². The Hall–Kier alpha value is -1.27. The van der Waals surface area contributed by atoms with E-state index in [1.54, 1.807) is 0 Å². The summed E-state index contributed by atoms with van der Waals surface area (Å²) < 4.78 is 31.9. The summed E-state index contributed by atoms with van der Waals surface area (Å²) in [6, 6.07) is 24.7. The molecule has 3 rings (SSSR count). The first-order valence-corrected chi connectivity index (χ1v) is 11.6. The smallest absolute Gasteiger partial charge is 0.282 e. The number of hydrogen-bond donors (Lipinski definition) is 0. The monoisotopic (exact) mass is 524 g/mol. The average Bonchev–Trinajstić information content (AvgIpc) is 2.72. The molecule has 0 fully saturated rings. The highest BCUT2D eigenvalue weighted by Crippen LogP contribution is 2.51. The van der Waals surface area contributed by atoms with Gasteiger partial charge >= 0.3 is 7.82 Å². The van der Waals surface area contributed by atoms with Crippen LogP contribution in [0.4, 0.5) is 0 Å². The van der Waals surface area contributed by atoms with Gasteiger partial charge in [-0.1, -0.05) is 86.5 Å². The number of hydrogen-bond acceptors (Lipinski definition) is 4. The molecule has 0 saturated heterocycles. The number of benzene rings is 3. The van der Waals surface area contributed by atoms with Gasteiger partial charge in [-0.15, -0.1) is 0 Å². The van der Waals surface area contributed by atoms with Gasteiger partial charge in [0.15, 0.2) is 0 Å².